The molecule has 0 saturated carbocycles. The first-order valence-electron chi connectivity index (χ1n) is 6.77. The molecule has 0 radical (unpaired) electrons. The zero-order valence-corrected chi connectivity index (χ0v) is 12.9. The molecule has 0 atom stereocenters. The summed E-state index contributed by atoms with van der Waals surface area (Å²) in [7, 11) is 1.64. The number of rotatable bonds is 5. The Morgan fingerprint density at radius 2 is 1.90 bits per heavy atom. The van der Waals surface area contributed by atoms with E-state index in [1.165, 1.54) is 0 Å². The van der Waals surface area contributed by atoms with E-state index >= 15 is 0 Å². The molecule has 2 aromatic carbocycles. The average molecular weight is 304 g/mol. The maximum atomic E-state index is 12.0. The second-order valence-corrected chi connectivity index (χ2v) is 5.23. The zero-order chi connectivity index (χ0) is 15.2. The molecule has 0 aliphatic heterocycles. The number of hydrogen-bond acceptors (Lipinski definition) is 2. The van der Waals surface area contributed by atoms with E-state index in [0.717, 1.165) is 23.3 Å². The van der Waals surface area contributed by atoms with E-state index in [1.807, 2.05) is 37.3 Å². The fourth-order valence-corrected chi connectivity index (χ4v) is 2.13. The Hall–Kier alpha value is -2.00. The van der Waals surface area contributed by atoms with Crippen molar-refractivity contribution < 1.29 is 9.53 Å². The van der Waals surface area contributed by atoms with Crippen LogP contribution in [-0.4, -0.2) is 19.6 Å². The molecule has 0 fully saturated rings. The summed E-state index contributed by atoms with van der Waals surface area (Å²) in [4.78, 5) is 12.0. The van der Waals surface area contributed by atoms with Gasteiger partial charge < -0.3 is 10.1 Å². The minimum absolute atomic E-state index is 0.106. The van der Waals surface area contributed by atoms with Crippen molar-refractivity contribution in [3.8, 4) is 5.75 Å². The van der Waals surface area contributed by atoms with Gasteiger partial charge in [-0.1, -0.05) is 29.8 Å². The summed E-state index contributed by atoms with van der Waals surface area (Å²) in [6.45, 7) is 2.49. The fourth-order valence-electron chi connectivity index (χ4n) is 1.95. The van der Waals surface area contributed by atoms with Gasteiger partial charge in [-0.15, -0.1) is 0 Å². The lowest BCUT2D eigenvalue weighted by Crippen LogP contribution is -2.25. The minimum atomic E-state index is -0.106. The Bertz CT molecular complexity index is 623. The van der Waals surface area contributed by atoms with E-state index in [4.69, 9.17) is 16.3 Å². The van der Waals surface area contributed by atoms with Gasteiger partial charge in [-0.2, -0.15) is 0 Å². The quantitative estimate of drug-likeness (QED) is 0.916. The Kier molecular flexibility index (Phi) is 5.23. The smallest absolute Gasteiger partial charge is 0.251 e. The van der Waals surface area contributed by atoms with Crippen LogP contribution in [0.1, 0.15) is 21.5 Å². The van der Waals surface area contributed by atoms with E-state index in [1.54, 1.807) is 19.2 Å². The topological polar surface area (TPSA) is 38.3 Å². The van der Waals surface area contributed by atoms with E-state index in [0.29, 0.717) is 17.1 Å². The highest BCUT2D eigenvalue weighted by molar-refractivity contribution is 6.31. The van der Waals surface area contributed by atoms with Gasteiger partial charge in [-0.25, -0.2) is 0 Å². The van der Waals surface area contributed by atoms with E-state index in [2.05, 4.69) is 5.32 Å². The van der Waals surface area contributed by atoms with Crippen molar-refractivity contribution in [2.45, 2.75) is 13.3 Å². The summed E-state index contributed by atoms with van der Waals surface area (Å²) in [5.74, 6) is 0.725. The van der Waals surface area contributed by atoms with Gasteiger partial charge in [-0.3, -0.25) is 4.79 Å². The first-order chi connectivity index (χ1) is 10.1. The zero-order valence-electron chi connectivity index (χ0n) is 12.2. The van der Waals surface area contributed by atoms with Crippen LogP contribution in [0.4, 0.5) is 0 Å². The molecule has 0 spiro atoms. The normalized spacial score (nSPS) is 10.2. The monoisotopic (exact) mass is 303 g/mol. The van der Waals surface area contributed by atoms with E-state index < -0.39 is 0 Å². The summed E-state index contributed by atoms with van der Waals surface area (Å²) in [6, 6.07) is 13.1. The van der Waals surface area contributed by atoms with Crippen LogP contribution >= 0.6 is 11.6 Å². The average Bonchev–Trinajstić information content (AvgIpc) is 2.50. The van der Waals surface area contributed by atoms with Crippen LogP contribution in [0.15, 0.2) is 42.5 Å². The fraction of sp³-hybridized carbons (Fsp3) is 0.235. The number of hydrogen-bond donors (Lipinski definition) is 1. The van der Waals surface area contributed by atoms with Crippen LogP contribution in [-0.2, 0) is 6.42 Å². The summed E-state index contributed by atoms with van der Waals surface area (Å²) >= 11 is 6.02. The van der Waals surface area contributed by atoms with Crippen LogP contribution in [0.2, 0.25) is 5.02 Å². The molecule has 0 aliphatic carbocycles. The lowest BCUT2D eigenvalue weighted by atomic mass is 10.1. The standard InChI is InChI=1S/C17H18ClNO2/c1-12-3-6-14(11-16(12)18)17(20)19-10-9-13-4-7-15(21-2)8-5-13/h3-8,11H,9-10H2,1-2H3,(H,19,20). The molecular weight excluding hydrogens is 286 g/mol. The third kappa shape index (κ3) is 4.23. The Morgan fingerprint density at radius 3 is 2.52 bits per heavy atom. The number of nitrogens with one attached hydrogen (secondary N) is 1. The number of carbonyl (C=O) groups is 1. The van der Waals surface area contributed by atoms with Gasteiger partial charge in [0.2, 0.25) is 0 Å². The maximum absolute atomic E-state index is 12.0. The highest BCUT2D eigenvalue weighted by Crippen LogP contribution is 2.16. The molecule has 0 aromatic heterocycles. The van der Waals surface area contributed by atoms with Crippen molar-refractivity contribution in [2.75, 3.05) is 13.7 Å². The maximum Gasteiger partial charge on any atom is 0.251 e. The second-order valence-electron chi connectivity index (χ2n) is 4.82. The first kappa shape index (κ1) is 15.4. The molecule has 2 aromatic rings. The number of benzene rings is 2. The molecule has 0 unspecified atom stereocenters. The van der Waals surface area contributed by atoms with Crippen LogP contribution in [0.3, 0.4) is 0 Å². The van der Waals surface area contributed by atoms with Gasteiger partial charge in [0.15, 0.2) is 0 Å². The van der Waals surface area contributed by atoms with Crippen LogP contribution in [0, 0.1) is 6.92 Å². The molecule has 0 heterocycles. The highest BCUT2D eigenvalue weighted by atomic mass is 35.5. The van der Waals surface area contributed by atoms with Gasteiger partial charge in [0, 0.05) is 17.1 Å². The number of ether oxygens (including phenoxy) is 1. The number of methoxy groups -OCH3 is 1. The predicted octanol–water partition coefficient (Wildman–Crippen LogP) is 3.63. The van der Waals surface area contributed by atoms with Crippen LogP contribution < -0.4 is 10.1 Å². The van der Waals surface area contributed by atoms with Crippen molar-refractivity contribution in [3.05, 3.63) is 64.2 Å². The lowest BCUT2D eigenvalue weighted by molar-refractivity contribution is 0.0954. The van der Waals surface area contributed by atoms with Crippen molar-refractivity contribution in [1.29, 1.82) is 0 Å². The third-order valence-corrected chi connectivity index (χ3v) is 3.70. The predicted molar refractivity (Wildman–Crippen MR) is 85.2 cm³/mol. The van der Waals surface area contributed by atoms with Crippen molar-refractivity contribution in [3.63, 3.8) is 0 Å². The van der Waals surface area contributed by atoms with Crippen molar-refractivity contribution >= 4 is 17.5 Å². The van der Waals surface area contributed by atoms with Gasteiger partial charge >= 0.3 is 0 Å². The third-order valence-electron chi connectivity index (χ3n) is 3.29. The number of aryl methyl sites for hydroxylation is 1. The molecule has 1 amide bonds. The van der Waals surface area contributed by atoms with E-state index in [-0.39, 0.29) is 5.91 Å². The number of halogens is 1. The lowest BCUT2D eigenvalue weighted by Gasteiger charge is -2.07. The van der Waals surface area contributed by atoms with Gasteiger partial charge in [0.1, 0.15) is 5.75 Å². The van der Waals surface area contributed by atoms with Gasteiger partial charge in [0.05, 0.1) is 7.11 Å². The molecule has 0 bridgehead atoms. The summed E-state index contributed by atoms with van der Waals surface area (Å²) in [5, 5.41) is 3.50. The Balaban J connectivity index is 1.87. The van der Waals surface area contributed by atoms with Crippen molar-refractivity contribution in [2.24, 2.45) is 0 Å². The minimum Gasteiger partial charge on any atom is -0.497 e. The van der Waals surface area contributed by atoms with E-state index in [9.17, 15) is 4.79 Å². The molecule has 21 heavy (non-hydrogen) atoms. The molecule has 0 aliphatic rings. The van der Waals surface area contributed by atoms with Crippen LogP contribution in [0.25, 0.3) is 0 Å². The molecular formula is C17H18ClNO2. The highest BCUT2D eigenvalue weighted by Gasteiger charge is 2.06. The Labute approximate surface area is 129 Å². The largest absolute Gasteiger partial charge is 0.497 e. The summed E-state index contributed by atoms with van der Waals surface area (Å²) in [6.07, 6.45) is 0.773. The van der Waals surface area contributed by atoms with Crippen LogP contribution in [0.5, 0.6) is 5.75 Å². The molecule has 4 heteroatoms. The SMILES string of the molecule is COc1ccc(CCNC(=O)c2ccc(C)c(Cl)c2)cc1. The molecule has 110 valence electrons. The van der Waals surface area contributed by atoms with Gasteiger partial charge in [0.25, 0.3) is 5.91 Å². The van der Waals surface area contributed by atoms with Crippen molar-refractivity contribution in [1.82, 2.24) is 5.32 Å². The summed E-state index contributed by atoms with van der Waals surface area (Å²) < 4.78 is 5.11. The number of amides is 1. The molecule has 1 N–H and O–H groups in total. The number of carbonyl (C=O) groups excluding carboxylic acids is 1. The first-order valence-corrected chi connectivity index (χ1v) is 7.15. The second kappa shape index (κ2) is 7.14. The van der Waals surface area contributed by atoms with Gasteiger partial charge in [-0.05, 0) is 48.7 Å². The summed E-state index contributed by atoms with van der Waals surface area (Å²) in [5.41, 5.74) is 2.70. The molecule has 3 nitrogen and oxygen atoms in total. The molecule has 0 saturated heterocycles. The Morgan fingerprint density at radius 1 is 1.19 bits per heavy atom. The molecule has 2 rings (SSSR count).